The number of hydrogen-bond acceptors (Lipinski definition) is 4. The molecule has 0 radical (unpaired) electrons. The molecule has 1 atom stereocenters. The van der Waals surface area contributed by atoms with Crippen LogP contribution >= 0.6 is 0 Å². The van der Waals surface area contributed by atoms with Gasteiger partial charge in [0.2, 0.25) is 5.91 Å². The van der Waals surface area contributed by atoms with E-state index in [1.54, 1.807) is 0 Å². The molecule has 2 aromatic rings. The van der Waals surface area contributed by atoms with Gasteiger partial charge in [0.1, 0.15) is 11.9 Å². The molecule has 2 aromatic carbocycles. The van der Waals surface area contributed by atoms with Crippen molar-refractivity contribution in [1.82, 2.24) is 10.2 Å². The molecule has 1 fully saturated rings. The van der Waals surface area contributed by atoms with Crippen LogP contribution in [0.4, 0.5) is 0 Å². The molecular formula is C26H32N2O3. The van der Waals surface area contributed by atoms with E-state index in [2.05, 4.69) is 58.8 Å². The van der Waals surface area contributed by atoms with Crippen molar-refractivity contribution in [3.8, 4) is 5.75 Å². The Morgan fingerprint density at radius 1 is 1.13 bits per heavy atom. The maximum Gasteiger partial charge on any atom is 0.249 e. The minimum atomic E-state index is -0.256. The van der Waals surface area contributed by atoms with E-state index in [1.807, 2.05) is 12.1 Å². The van der Waals surface area contributed by atoms with Crippen LogP contribution in [0.5, 0.6) is 5.75 Å². The number of nitrogens with one attached hydrogen (secondary N) is 1. The third kappa shape index (κ3) is 6.42. The SMILES string of the molecule is O=C(NCCCOc1ccc(CN2CC=C(c3ccccc3)CC2)cc1)[C@@H]1CCCO1. The Hall–Kier alpha value is -2.63. The zero-order valence-corrected chi connectivity index (χ0v) is 18.1. The van der Waals surface area contributed by atoms with E-state index in [9.17, 15) is 4.79 Å². The van der Waals surface area contributed by atoms with Gasteiger partial charge >= 0.3 is 0 Å². The van der Waals surface area contributed by atoms with Gasteiger partial charge in [-0.3, -0.25) is 9.69 Å². The molecule has 0 aliphatic carbocycles. The highest BCUT2D eigenvalue weighted by atomic mass is 16.5. The summed E-state index contributed by atoms with van der Waals surface area (Å²) in [6.07, 6.45) is 5.78. The highest BCUT2D eigenvalue weighted by molar-refractivity contribution is 5.80. The zero-order valence-electron chi connectivity index (χ0n) is 18.1. The first-order valence-electron chi connectivity index (χ1n) is 11.4. The second kappa shape index (κ2) is 11.1. The van der Waals surface area contributed by atoms with Gasteiger partial charge in [-0.2, -0.15) is 0 Å². The van der Waals surface area contributed by atoms with Gasteiger partial charge in [0.05, 0.1) is 6.61 Å². The van der Waals surface area contributed by atoms with E-state index < -0.39 is 0 Å². The number of nitrogens with zero attached hydrogens (tertiary/aromatic N) is 1. The van der Waals surface area contributed by atoms with Crippen LogP contribution in [0.15, 0.2) is 60.7 Å². The van der Waals surface area contributed by atoms with Gasteiger partial charge < -0.3 is 14.8 Å². The fourth-order valence-corrected chi connectivity index (χ4v) is 4.09. The van der Waals surface area contributed by atoms with E-state index in [-0.39, 0.29) is 12.0 Å². The summed E-state index contributed by atoms with van der Waals surface area (Å²) in [5.74, 6) is 0.879. The number of carbonyl (C=O) groups is 1. The van der Waals surface area contributed by atoms with Gasteiger partial charge in [-0.05, 0) is 54.5 Å². The van der Waals surface area contributed by atoms with Crippen molar-refractivity contribution in [1.29, 1.82) is 0 Å². The molecule has 1 saturated heterocycles. The Kier molecular flexibility index (Phi) is 7.75. The Labute approximate surface area is 185 Å². The molecule has 2 aliphatic rings. The van der Waals surface area contributed by atoms with Gasteiger partial charge in [-0.25, -0.2) is 0 Å². The second-order valence-electron chi connectivity index (χ2n) is 8.22. The van der Waals surface area contributed by atoms with Crippen molar-refractivity contribution >= 4 is 11.5 Å². The number of carbonyl (C=O) groups excluding carboxylic acids is 1. The van der Waals surface area contributed by atoms with Crippen LogP contribution in [0.2, 0.25) is 0 Å². The minimum Gasteiger partial charge on any atom is -0.494 e. The van der Waals surface area contributed by atoms with Gasteiger partial charge in [-0.1, -0.05) is 48.5 Å². The lowest BCUT2D eigenvalue weighted by Gasteiger charge is -2.26. The molecule has 0 bridgehead atoms. The Bertz CT molecular complexity index is 858. The van der Waals surface area contributed by atoms with E-state index in [0.29, 0.717) is 19.8 Å². The molecule has 164 valence electrons. The lowest BCUT2D eigenvalue weighted by Crippen LogP contribution is -2.35. The van der Waals surface area contributed by atoms with Crippen molar-refractivity contribution in [2.24, 2.45) is 0 Å². The molecule has 0 spiro atoms. The quantitative estimate of drug-likeness (QED) is 0.622. The predicted molar refractivity (Wildman–Crippen MR) is 123 cm³/mol. The molecule has 1 amide bonds. The number of hydrogen-bond donors (Lipinski definition) is 1. The fraction of sp³-hybridized carbons (Fsp3) is 0.423. The topological polar surface area (TPSA) is 50.8 Å². The molecule has 0 aromatic heterocycles. The fourth-order valence-electron chi connectivity index (χ4n) is 4.09. The molecule has 2 heterocycles. The smallest absolute Gasteiger partial charge is 0.249 e. The van der Waals surface area contributed by atoms with Crippen molar-refractivity contribution < 1.29 is 14.3 Å². The summed E-state index contributed by atoms with van der Waals surface area (Å²) in [7, 11) is 0. The van der Waals surface area contributed by atoms with Gasteiger partial charge in [0.25, 0.3) is 0 Å². The Morgan fingerprint density at radius 2 is 1.97 bits per heavy atom. The standard InChI is InChI=1S/C26H32N2O3/c29-26(25-8-4-18-31-25)27-15-5-19-30-24-11-9-21(10-12-24)20-28-16-13-23(14-17-28)22-6-2-1-3-7-22/h1-3,6-7,9-13,25H,4-5,8,14-20H2,(H,27,29)/t25-/m0/s1. The number of amides is 1. The maximum atomic E-state index is 11.9. The van der Waals surface area contributed by atoms with Crippen LogP contribution in [0, 0.1) is 0 Å². The number of rotatable bonds is 9. The lowest BCUT2D eigenvalue weighted by molar-refractivity contribution is -0.130. The normalized spacial score (nSPS) is 19.1. The lowest BCUT2D eigenvalue weighted by atomic mass is 9.99. The maximum absolute atomic E-state index is 11.9. The molecule has 2 aliphatic heterocycles. The van der Waals surface area contributed by atoms with Crippen LogP contribution in [-0.2, 0) is 16.1 Å². The van der Waals surface area contributed by atoms with Gasteiger partial charge in [-0.15, -0.1) is 0 Å². The van der Waals surface area contributed by atoms with Crippen LogP contribution in [0.25, 0.3) is 5.57 Å². The molecule has 4 rings (SSSR count). The summed E-state index contributed by atoms with van der Waals surface area (Å²) in [6.45, 7) is 4.92. The zero-order chi connectivity index (χ0) is 21.3. The van der Waals surface area contributed by atoms with Gasteiger partial charge in [0.15, 0.2) is 0 Å². The third-order valence-electron chi connectivity index (χ3n) is 5.88. The van der Waals surface area contributed by atoms with Crippen molar-refractivity contribution in [2.45, 2.75) is 38.3 Å². The molecule has 1 N–H and O–H groups in total. The predicted octanol–water partition coefficient (Wildman–Crippen LogP) is 4.04. The highest BCUT2D eigenvalue weighted by Crippen LogP contribution is 2.23. The summed E-state index contributed by atoms with van der Waals surface area (Å²) in [4.78, 5) is 14.4. The van der Waals surface area contributed by atoms with Crippen LogP contribution in [-0.4, -0.2) is 49.8 Å². The van der Waals surface area contributed by atoms with E-state index in [4.69, 9.17) is 9.47 Å². The average Bonchev–Trinajstić information content (AvgIpc) is 3.36. The summed E-state index contributed by atoms with van der Waals surface area (Å²) in [5, 5.41) is 2.92. The summed E-state index contributed by atoms with van der Waals surface area (Å²) >= 11 is 0. The second-order valence-corrected chi connectivity index (χ2v) is 8.22. The number of benzene rings is 2. The minimum absolute atomic E-state index is 0.00491. The summed E-state index contributed by atoms with van der Waals surface area (Å²) in [6, 6.07) is 19.0. The van der Waals surface area contributed by atoms with Crippen LogP contribution < -0.4 is 10.1 Å². The van der Waals surface area contributed by atoms with Crippen molar-refractivity contribution in [2.75, 3.05) is 32.8 Å². The average molecular weight is 421 g/mol. The first-order chi connectivity index (χ1) is 15.3. The van der Waals surface area contributed by atoms with Crippen LogP contribution in [0.1, 0.15) is 36.8 Å². The van der Waals surface area contributed by atoms with Crippen molar-refractivity contribution in [3.63, 3.8) is 0 Å². The molecule has 5 nitrogen and oxygen atoms in total. The van der Waals surface area contributed by atoms with E-state index in [1.165, 1.54) is 16.7 Å². The summed E-state index contributed by atoms with van der Waals surface area (Å²) in [5.41, 5.74) is 4.09. The molecule has 0 saturated carbocycles. The first kappa shape index (κ1) is 21.6. The number of ether oxygens (including phenoxy) is 2. The molecule has 5 heteroatoms. The summed E-state index contributed by atoms with van der Waals surface area (Å²) < 4.78 is 11.2. The van der Waals surface area contributed by atoms with E-state index >= 15 is 0 Å². The van der Waals surface area contributed by atoms with E-state index in [0.717, 1.165) is 51.1 Å². The monoisotopic (exact) mass is 420 g/mol. The molecule has 31 heavy (non-hydrogen) atoms. The molecule has 0 unspecified atom stereocenters. The third-order valence-corrected chi connectivity index (χ3v) is 5.88. The first-order valence-corrected chi connectivity index (χ1v) is 11.4. The Balaban J connectivity index is 1.14. The molecular weight excluding hydrogens is 388 g/mol. The largest absolute Gasteiger partial charge is 0.494 e. The van der Waals surface area contributed by atoms with Gasteiger partial charge in [0, 0.05) is 32.8 Å². The highest BCUT2D eigenvalue weighted by Gasteiger charge is 2.22. The Morgan fingerprint density at radius 3 is 2.68 bits per heavy atom. The van der Waals surface area contributed by atoms with Crippen LogP contribution in [0.3, 0.4) is 0 Å². The van der Waals surface area contributed by atoms with Crippen molar-refractivity contribution in [3.05, 3.63) is 71.8 Å².